The summed E-state index contributed by atoms with van der Waals surface area (Å²) < 4.78 is 33.6. The fraction of sp³-hybridized carbons (Fsp3) is 0.111. The first kappa shape index (κ1) is 18.1. The average Bonchev–Trinajstić information content (AvgIpc) is 3.25. The predicted octanol–water partition coefficient (Wildman–Crippen LogP) is 4.48. The molecule has 0 spiro atoms. The van der Waals surface area contributed by atoms with E-state index in [4.69, 9.17) is 4.74 Å². The number of aromatic nitrogens is 3. The monoisotopic (exact) mass is 463 g/mol. The normalized spacial score (nSPS) is 11.8. The van der Waals surface area contributed by atoms with Gasteiger partial charge in [0.25, 0.3) is 10.0 Å². The zero-order valence-electron chi connectivity index (χ0n) is 14.4. The van der Waals surface area contributed by atoms with Crippen LogP contribution in [0.5, 0.6) is 5.75 Å². The molecule has 138 valence electrons. The topological polar surface area (TPSA) is 74.1 Å². The molecule has 0 aliphatic carbocycles. The van der Waals surface area contributed by atoms with Crippen LogP contribution in [-0.2, 0) is 10.0 Å². The van der Waals surface area contributed by atoms with Crippen LogP contribution >= 0.6 is 27.3 Å². The Morgan fingerprint density at radius 2 is 1.96 bits per heavy atom. The third kappa shape index (κ3) is 3.15. The molecule has 0 aliphatic rings. The van der Waals surface area contributed by atoms with Crippen LogP contribution in [0.2, 0.25) is 0 Å². The molecule has 0 saturated heterocycles. The SMILES string of the molecule is COc1cnc2c(c1)c(-c1nc(Br)cs1)cn2S(=O)(=O)c1ccc(C)cc1. The van der Waals surface area contributed by atoms with E-state index in [1.54, 1.807) is 43.6 Å². The van der Waals surface area contributed by atoms with E-state index < -0.39 is 10.0 Å². The highest BCUT2D eigenvalue weighted by atomic mass is 79.9. The maximum absolute atomic E-state index is 13.2. The van der Waals surface area contributed by atoms with Gasteiger partial charge in [-0.15, -0.1) is 11.3 Å². The largest absolute Gasteiger partial charge is 0.495 e. The zero-order chi connectivity index (χ0) is 19.2. The molecule has 0 fully saturated rings. The van der Waals surface area contributed by atoms with Crippen molar-refractivity contribution in [1.29, 1.82) is 0 Å². The first-order valence-corrected chi connectivity index (χ1v) is 11.0. The molecule has 0 amide bonds. The number of hydrogen-bond donors (Lipinski definition) is 0. The summed E-state index contributed by atoms with van der Waals surface area (Å²) in [6.07, 6.45) is 3.07. The number of hydrogen-bond acceptors (Lipinski definition) is 6. The first-order valence-electron chi connectivity index (χ1n) is 7.89. The zero-order valence-corrected chi connectivity index (χ0v) is 17.6. The van der Waals surface area contributed by atoms with E-state index in [0.717, 1.165) is 5.56 Å². The Morgan fingerprint density at radius 3 is 2.59 bits per heavy atom. The van der Waals surface area contributed by atoms with Gasteiger partial charge in [0.05, 0.1) is 18.2 Å². The summed E-state index contributed by atoms with van der Waals surface area (Å²) in [5.41, 5.74) is 2.00. The Labute approximate surface area is 168 Å². The van der Waals surface area contributed by atoms with Gasteiger partial charge in [-0.25, -0.2) is 22.4 Å². The summed E-state index contributed by atoms with van der Waals surface area (Å²) >= 11 is 4.76. The number of halogens is 1. The number of ether oxygens (including phenoxy) is 1. The Balaban J connectivity index is 2.00. The summed E-state index contributed by atoms with van der Waals surface area (Å²) in [5, 5.41) is 3.20. The van der Waals surface area contributed by atoms with E-state index >= 15 is 0 Å². The number of rotatable bonds is 4. The predicted molar refractivity (Wildman–Crippen MR) is 109 cm³/mol. The second-order valence-corrected chi connectivity index (χ2v) is 9.36. The molecule has 0 aliphatic heterocycles. The van der Waals surface area contributed by atoms with Crippen LogP contribution in [0.25, 0.3) is 21.6 Å². The molecule has 3 heterocycles. The molecule has 0 bridgehead atoms. The molecule has 1 aromatic carbocycles. The lowest BCUT2D eigenvalue weighted by Gasteiger charge is -2.07. The van der Waals surface area contributed by atoms with Gasteiger partial charge >= 0.3 is 0 Å². The second-order valence-electron chi connectivity index (χ2n) is 5.88. The molecule has 0 atom stereocenters. The minimum Gasteiger partial charge on any atom is -0.495 e. The minimum absolute atomic E-state index is 0.203. The molecule has 6 nitrogen and oxygen atoms in total. The molecular formula is C18H14BrN3O3S2. The quantitative estimate of drug-likeness (QED) is 0.446. The summed E-state index contributed by atoms with van der Waals surface area (Å²) in [4.78, 5) is 8.97. The van der Waals surface area contributed by atoms with Crippen molar-refractivity contribution < 1.29 is 13.2 Å². The highest BCUT2D eigenvalue weighted by Crippen LogP contribution is 2.36. The molecule has 0 N–H and O–H groups in total. The van der Waals surface area contributed by atoms with E-state index in [-0.39, 0.29) is 4.90 Å². The van der Waals surface area contributed by atoms with Gasteiger partial charge in [0.2, 0.25) is 0 Å². The molecule has 0 radical (unpaired) electrons. The lowest BCUT2D eigenvalue weighted by molar-refractivity contribution is 0.413. The molecule has 4 rings (SSSR count). The van der Waals surface area contributed by atoms with Crippen molar-refractivity contribution in [3.8, 4) is 16.3 Å². The number of methoxy groups -OCH3 is 1. The Morgan fingerprint density at radius 1 is 1.22 bits per heavy atom. The summed E-state index contributed by atoms with van der Waals surface area (Å²) in [5.74, 6) is 0.546. The van der Waals surface area contributed by atoms with E-state index in [0.29, 0.717) is 32.0 Å². The minimum atomic E-state index is -3.80. The smallest absolute Gasteiger partial charge is 0.269 e. The van der Waals surface area contributed by atoms with Crippen molar-refractivity contribution in [3.63, 3.8) is 0 Å². The average molecular weight is 464 g/mol. The first-order chi connectivity index (χ1) is 12.9. The van der Waals surface area contributed by atoms with E-state index in [1.807, 2.05) is 12.3 Å². The third-order valence-corrected chi connectivity index (χ3v) is 7.36. The van der Waals surface area contributed by atoms with Crippen LogP contribution in [-0.4, -0.2) is 29.5 Å². The van der Waals surface area contributed by atoms with Crippen LogP contribution in [0.1, 0.15) is 5.56 Å². The summed E-state index contributed by atoms with van der Waals surface area (Å²) in [6, 6.07) is 8.51. The molecule has 4 aromatic rings. The molecule has 3 aromatic heterocycles. The summed E-state index contributed by atoms with van der Waals surface area (Å²) in [6.45, 7) is 1.91. The van der Waals surface area contributed by atoms with Gasteiger partial charge in [-0.2, -0.15) is 0 Å². The maximum Gasteiger partial charge on any atom is 0.269 e. The highest BCUT2D eigenvalue weighted by molar-refractivity contribution is 9.10. The van der Waals surface area contributed by atoms with Crippen LogP contribution in [0.3, 0.4) is 0 Å². The molecule has 9 heteroatoms. The van der Waals surface area contributed by atoms with Gasteiger partial charge < -0.3 is 4.74 Å². The fourth-order valence-corrected chi connectivity index (χ4v) is 5.33. The van der Waals surface area contributed by atoms with Gasteiger partial charge in [-0.05, 0) is 41.1 Å². The van der Waals surface area contributed by atoms with Crippen LogP contribution in [0, 0.1) is 6.92 Å². The number of benzene rings is 1. The van der Waals surface area contributed by atoms with Gasteiger partial charge in [0.1, 0.15) is 15.4 Å². The number of nitrogens with zero attached hydrogens (tertiary/aromatic N) is 3. The number of thiazole rings is 1. The second kappa shape index (κ2) is 6.74. The van der Waals surface area contributed by atoms with Crippen LogP contribution in [0.4, 0.5) is 0 Å². The van der Waals surface area contributed by atoms with E-state index in [9.17, 15) is 8.42 Å². The molecule has 0 saturated carbocycles. The molecular weight excluding hydrogens is 450 g/mol. The maximum atomic E-state index is 13.2. The number of pyridine rings is 1. The van der Waals surface area contributed by atoms with Crippen LogP contribution in [0.15, 0.2) is 57.6 Å². The lowest BCUT2D eigenvalue weighted by Crippen LogP contribution is -2.12. The third-order valence-electron chi connectivity index (χ3n) is 4.11. The standard InChI is InChI=1S/C18H14BrN3O3S2/c1-11-3-5-13(6-4-11)27(23,24)22-9-15(18-21-16(19)10-26-18)14-7-12(25-2)8-20-17(14)22/h3-10H,1-2H3. The Hall–Kier alpha value is -2.23. The van der Waals surface area contributed by atoms with Gasteiger partial charge in [0, 0.05) is 22.5 Å². The van der Waals surface area contributed by atoms with Crippen molar-refractivity contribution in [2.24, 2.45) is 0 Å². The molecule has 0 unspecified atom stereocenters. The highest BCUT2D eigenvalue weighted by Gasteiger charge is 2.24. The number of aryl methyl sites for hydroxylation is 1. The molecule has 27 heavy (non-hydrogen) atoms. The van der Waals surface area contributed by atoms with Gasteiger partial charge in [-0.1, -0.05) is 17.7 Å². The number of fused-ring (bicyclic) bond motifs is 1. The fourth-order valence-electron chi connectivity index (χ4n) is 2.73. The summed E-state index contributed by atoms with van der Waals surface area (Å²) in [7, 11) is -2.26. The Bertz CT molecular complexity index is 1240. The van der Waals surface area contributed by atoms with Gasteiger partial charge in [0.15, 0.2) is 5.65 Å². The van der Waals surface area contributed by atoms with Crippen molar-refractivity contribution >= 4 is 48.3 Å². The Kier molecular flexibility index (Phi) is 4.53. The van der Waals surface area contributed by atoms with Crippen LogP contribution < -0.4 is 4.74 Å². The van der Waals surface area contributed by atoms with Crippen molar-refractivity contribution in [3.05, 3.63) is 58.3 Å². The van der Waals surface area contributed by atoms with Crippen molar-refractivity contribution in [1.82, 2.24) is 13.9 Å². The van der Waals surface area contributed by atoms with E-state index in [1.165, 1.54) is 21.5 Å². The van der Waals surface area contributed by atoms with Crippen molar-refractivity contribution in [2.45, 2.75) is 11.8 Å². The van der Waals surface area contributed by atoms with Gasteiger partial charge in [-0.3, -0.25) is 0 Å². The van der Waals surface area contributed by atoms with Crippen molar-refractivity contribution in [2.75, 3.05) is 7.11 Å². The lowest BCUT2D eigenvalue weighted by atomic mass is 10.2. The van der Waals surface area contributed by atoms with E-state index in [2.05, 4.69) is 25.9 Å².